The molecule has 0 fully saturated rings. The number of imide groups is 1. The maximum Gasteiger partial charge on any atom is 0.407 e. The van der Waals surface area contributed by atoms with Crippen molar-refractivity contribution >= 4 is 17.9 Å². The molecule has 0 aromatic heterocycles. The summed E-state index contributed by atoms with van der Waals surface area (Å²) in [7, 11) is 0. The number of fused-ring (bicyclic) bond motifs is 1. The summed E-state index contributed by atoms with van der Waals surface area (Å²) in [6, 6.07) is 6.64. The van der Waals surface area contributed by atoms with Gasteiger partial charge in [-0.25, -0.2) is 4.79 Å². The van der Waals surface area contributed by atoms with Gasteiger partial charge in [-0.3, -0.25) is 14.5 Å². The average Bonchev–Trinajstić information content (AvgIpc) is 2.70. The van der Waals surface area contributed by atoms with Crippen LogP contribution in [0.2, 0.25) is 0 Å². The molecule has 1 aliphatic heterocycles. The molecule has 6 nitrogen and oxygen atoms in total. The first-order valence-electron chi connectivity index (χ1n) is 6.12. The van der Waals surface area contributed by atoms with Gasteiger partial charge in [0.1, 0.15) is 6.61 Å². The summed E-state index contributed by atoms with van der Waals surface area (Å²) in [5, 5.41) is 2.46. The Balaban J connectivity index is 1.90. The lowest BCUT2D eigenvalue weighted by Gasteiger charge is -2.13. The van der Waals surface area contributed by atoms with Crippen LogP contribution in [0.15, 0.2) is 36.9 Å². The number of nitrogens with zero attached hydrogens (tertiary/aromatic N) is 1. The van der Waals surface area contributed by atoms with Crippen LogP contribution in [-0.2, 0) is 4.74 Å². The largest absolute Gasteiger partial charge is 0.445 e. The van der Waals surface area contributed by atoms with E-state index in [2.05, 4.69) is 11.9 Å². The van der Waals surface area contributed by atoms with Crippen molar-refractivity contribution < 1.29 is 19.1 Å². The summed E-state index contributed by atoms with van der Waals surface area (Å²) >= 11 is 0. The highest BCUT2D eigenvalue weighted by molar-refractivity contribution is 6.21. The predicted molar refractivity (Wildman–Crippen MR) is 71.4 cm³/mol. The fraction of sp³-hybridized carbons (Fsp3) is 0.214. The highest BCUT2D eigenvalue weighted by atomic mass is 16.5. The van der Waals surface area contributed by atoms with Gasteiger partial charge in [0.05, 0.1) is 11.1 Å². The molecule has 3 amide bonds. The first-order chi connectivity index (χ1) is 9.65. The normalized spacial score (nSPS) is 13.1. The number of rotatable bonds is 5. The van der Waals surface area contributed by atoms with Crippen molar-refractivity contribution in [3.8, 4) is 0 Å². The van der Waals surface area contributed by atoms with Gasteiger partial charge in [0.2, 0.25) is 0 Å². The zero-order valence-corrected chi connectivity index (χ0v) is 10.8. The van der Waals surface area contributed by atoms with Gasteiger partial charge in [-0.1, -0.05) is 24.8 Å². The maximum atomic E-state index is 12.0. The van der Waals surface area contributed by atoms with Gasteiger partial charge in [-0.2, -0.15) is 0 Å². The molecule has 0 bridgehead atoms. The fourth-order valence-corrected chi connectivity index (χ4v) is 1.90. The van der Waals surface area contributed by atoms with Crippen molar-refractivity contribution in [1.82, 2.24) is 10.2 Å². The number of carbonyl (C=O) groups excluding carboxylic acids is 3. The van der Waals surface area contributed by atoms with Gasteiger partial charge in [0, 0.05) is 13.1 Å². The third-order valence-electron chi connectivity index (χ3n) is 2.82. The lowest BCUT2D eigenvalue weighted by atomic mass is 10.1. The third-order valence-corrected chi connectivity index (χ3v) is 2.82. The Morgan fingerprint density at radius 1 is 1.25 bits per heavy atom. The van der Waals surface area contributed by atoms with Gasteiger partial charge in [-0.15, -0.1) is 0 Å². The molecule has 6 heteroatoms. The van der Waals surface area contributed by atoms with E-state index in [4.69, 9.17) is 4.74 Å². The van der Waals surface area contributed by atoms with Crippen LogP contribution in [0.3, 0.4) is 0 Å². The van der Waals surface area contributed by atoms with Crippen molar-refractivity contribution in [3.63, 3.8) is 0 Å². The first-order valence-corrected chi connectivity index (χ1v) is 6.12. The van der Waals surface area contributed by atoms with Crippen molar-refractivity contribution in [3.05, 3.63) is 48.0 Å². The van der Waals surface area contributed by atoms with E-state index < -0.39 is 6.09 Å². The van der Waals surface area contributed by atoms with E-state index in [1.54, 1.807) is 24.3 Å². The number of hydrogen-bond acceptors (Lipinski definition) is 4. The number of ether oxygens (including phenoxy) is 1. The Hall–Kier alpha value is -2.63. The Bertz CT molecular complexity index is 533. The summed E-state index contributed by atoms with van der Waals surface area (Å²) in [5.74, 6) is -0.682. The van der Waals surface area contributed by atoms with Gasteiger partial charge < -0.3 is 10.1 Å². The minimum Gasteiger partial charge on any atom is -0.445 e. The molecule has 0 saturated heterocycles. The zero-order valence-electron chi connectivity index (χ0n) is 10.8. The molecule has 1 N–H and O–H groups in total. The molecule has 1 aromatic carbocycles. The molecule has 2 rings (SSSR count). The van der Waals surface area contributed by atoms with E-state index in [9.17, 15) is 14.4 Å². The summed E-state index contributed by atoms with van der Waals surface area (Å²) in [4.78, 5) is 36.3. The SMILES string of the molecule is C=CCOC(=O)NCCN1C(=O)c2ccccc2C1=O. The quantitative estimate of drug-likeness (QED) is 0.646. The molecule has 104 valence electrons. The zero-order chi connectivity index (χ0) is 14.5. The lowest BCUT2D eigenvalue weighted by molar-refractivity contribution is 0.0653. The maximum absolute atomic E-state index is 12.0. The number of hydrogen-bond donors (Lipinski definition) is 1. The van der Waals surface area contributed by atoms with Gasteiger partial charge in [-0.05, 0) is 12.1 Å². The van der Waals surface area contributed by atoms with Crippen LogP contribution >= 0.6 is 0 Å². The van der Waals surface area contributed by atoms with Crippen LogP contribution in [0, 0.1) is 0 Å². The molecule has 1 aliphatic rings. The minimum absolute atomic E-state index is 0.107. The summed E-state index contributed by atoms with van der Waals surface area (Å²) in [6.45, 7) is 3.77. The smallest absolute Gasteiger partial charge is 0.407 e. The monoisotopic (exact) mass is 274 g/mol. The number of alkyl carbamates (subject to hydrolysis) is 1. The van der Waals surface area contributed by atoms with E-state index in [0.29, 0.717) is 11.1 Å². The minimum atomic E-state index is -0.610. The van der Waals surface area contributed by atoms with E-state index in [-0.39, 0.29) is 31.5 Å². The molecule has 0 aliphatic carbocycles. The van der Waals surface area contributed by atoms with Gasteiger partial charge >= 0.3 is 6.09 Å². The molecular weight excluding hydrogens is 260 g/mol. The van der Waals surface area contributed by atoms with E-state index in [1.807, 2.05) is 0 Å². The predicted octanol–water partition coefficient (Wildman–Crippen LogP) is 1.19. The second kappa shape index (κ2) is 6.01. The third kappa shape index (κ3) is 2.69. The van der Waals surface area contributed by atoms with Crippen LogP contribution < -0.4 is 5.32 Å². The number of amides is 3. The molecular formula is C14H14N2O4. The van der Waals surface area contributed by atoms with E-state index >= 15 is 0 Å². The van der Waals surface area contributed by atoms with Crippen molar-refractivity contribution in [2.45, 2.75) is 0 Å². The Labute approximate surface area is 116 Å². The van der Waals surface area contributed by atoms with Gasteiger partial charge in [0.25, 0.3) is 11.8 Å². The fourth-order valence-electron chi connectivity index (χ4n) is 1.90. The second-order valence-corrected chi connectivity index (χ2v) is 4.12. The number of nitrogens with one attached hydrogen (secondary N) is 1. The molecule has 1 heterocycles. The summed E-state index contributed by atoms with van der Waals surface area (Å²) in [5.41, 5.74) is 0.790. The topological polar surface area (TPSA) is 75.7 Å². The standard InChI is InChI=1S/C14H14N2O4/c1-2-9-20-14(19)15-7-8-16-12(17)10-5-3-4-6-11(10)13(16)18/h2-6H,1,7-9H2,(H,15,19). The van der Waals surface area contributed by atoms with Crippen molar-refractivity contribution in [2.24, 2.45) is 0 Å². The first kappa shape index (κ1) is 13.8. The molecule has 0 unspecified atom stereocenters. The highest BCUT2D eigenvalue weighted by Gasteiger charge is 2.34. The van der Waals surface area contributed by atoms with E-state index in [1.165, 1.54) is 6.08 Å². The molecule has 0 radical (unpaired) electrons. The van der Waals surface area contributed by atoms with Crippen LogP contribution in [0.5, 0.6) is 0 Å². The number of carbonyl (C=O) groups is 3. The van der Waals surface area contributed by atoms with Crippen LogP contribution in [-0.4, -0.2) is 42.5 Å². The van der Waals surface area contributed by atoms with E-state index in [0.717, 1.165) is 4.90 Å². The summed E-state index contributed by atoms with van der Waals surface area (Å²) < 4.78 is 4.71. The average molecular weight is 274 g/mol. The second-order valence-electron chi connectivity index (χ2n) is 4.12. The van der Waals surface area contributed by atoms with Gasteiger partial charge in [0.15, 0.2) is 0 Å². The van der Waals surface area contributed by atoms with Crippen LogP contribution in [0.1, 0.15) is 20.7 Å². The molecule has 0 atom stereocenters. The Morgan fingerprint density at radius 3 is 2.40 bits per heavy atom. The van der Waals surface area contributed by atoms with Crippen LogP contribution in [0.4, 0.5) is 4.79 Å². The molecule has 1 aromatic rings. The highest BCUT2D eigenvalue weighted by Crippen LogP contribution is 2.21. The molecule has 0 saturated carbocycles. The van der Waals surface area contributed by atoms with Crippen molar-refractivity contribution in [1.29, 1.82) is 0 Å². The molecule has 0 spiro atoms. The summed E-state index contributed by atoms with van der Waals surface area (Å²) in [6.07, 6.45) is 0.838. The Morgan fingerprint density at radius 2 is 1.85 bits per heavy atom. The molecule has 20 heavy (non-hydrogen) atoms. The van der Waals surface area contributed by atoms with Crippen molar-refractivity contribution in [2.75, 3.05) is 19.7 Å². The number of benzene rings is 1. The Kier molecular flexibility index (Phi) is 4.14. The lowest BCUT2D eigenvalue weighted by Crippen LogP contribution is -2.38. The van der Waals surface area contributed by atoms with Crippen LogP contribution in [0.25, 0.3) is 0 Å².